The summed E-state index contributed by atoms with van der Waals surface area (Å²) >= 11 is 0. The minimum absolute atomic E-state index is 0.0887. The van der Waals surface area contributed by atoms with Gasteiger partial charge >= 0.3 is 5.97 Å². The Hall–Kier alpha value is -3.15. The molecule has 0 spiro atoms. The van der Waals surface area contributed by atoms with E-state index in [0.717, 1.165) is 5.56 Å². The monoisotopic (exact) mass is 350 g/mol. The molecule has 0 N–H and O–H groups in total. The van der Waals surface area contributed by atoms with Gasteiger partial charge in [0, 0.05) is 24.2 Å². The van der Waals surface area contributed by atoms with Gasteiger partial charge in [-0.1, -0.05) is 18.2 Å². The predicted molar refractivity (Wildman–Crippen MR) is 96.5 cm³/mol. The molecule has 1 amide bonds. The number of ether oxygens (including phenoxy) is 1. The number of nitrogens with zero attached hydrogens (tertiary/aromatic N) is 2. The van der Waals surface area contributed by atoms with Crippen LogP contribution in [0.1, 0.15) is 13.3 Å². The SMILES string of the molecule is CCOC(=O)[C@@H]1CC(=O)N(c2ccc3oc(-c4ccccc4)nc3c2)C1. The first-order valence-corrected chi connectivity index (χ1v) is 8.58. The highest BCUT2D eigenvalue weighted by atomic mass is 16.5. The molecule has 1 fully saturated rings. The summed E-state index contributed by atoms with van der Waals surface area (Å²) in [7, 11) is 0. The molecule has 0 aliphatic carbocycles. The molecule has 4 rings (SSSR count). The van der Waals surface area contributed by atoms with Crippen LogP contribution in [0.4, 0.5) is 5.69 Å². The standard InChI is InChI=1S/C20H18N2O4/c1-2-25-20(24)14-10-18(23)22(12-14)15-8-9-17-16(11-15)21-19(26-17)13-6-4-3-5-7-13/h3-9,11,14H,2,10,12H2,1H3/t14-/m1/s1. The lowest BCUT2D eigenvalue weighted by molar-refractivity contribution is -0.147. The number of carbonyl (C=O) groups excluding carboxylic acids is 2. The molecule has 1 aromatic heterocycles. The molecule has 2 heterocycles. The molecule has 0 saturated carbocycles. The van der Waals surface area contributed by atoms with Crippen molar-refractivity contribution in [3.63, 3.8) is 0 Å². The molecule has 1 saturated heterocycles. The van der Waals surface area contributed by atoms with Gasteiger partial charge in [0.1, 0.15) is 5.52 Å². The maximum atomic E-state index is 12.3. The number of aromatic nitrogens is 1. The molecule has 1 atom stereocenters. The number of hydrogen-bond donors (Lipinski definition) is 0. The first kappa shape index (κ1) is 16.3. The Morgan fingerprint density at radius 2 is 2.08 bits per heavy atom. The lowest BCUT2D eigenvalue weighted by Gasteiger charge is -2.16. The highest BCUT2D eigenvalue weighted by molar-refractivity contribution is 6.00. The van der Waals surface area contributed by atoms with Gasteiger partial charge in [0.25, 0.3) is 0 Å². The van der Waals surface area contributed by atoms with E-state index in [1.165, 1.54) is 0 Å². The van der Waals surface area contributed by atoms with Crippen LogP contribution >= 0.6 is 0 Å². The Bertz CT molecular complexity index is 964. The van der Waals surface area contributed by atoms with Gasteiger partial charge in [0.2, 0.25) is 11.8 Å². The Balaban J connectivity index is 1.61. The maximum absolute atomic E-state index is 12.3. The molecule has 0 bridgehead atoms. The van der Waals surface area contributed by atoms with Gasteiger partial charge < -0.3 is 14.1 Å². The van der Waals surface area contributed by atoms with Gasteiger partial charge in [-0.2, -0.15) is 0 Å². The lowest BCUT2D eigenvalue weighted by Crippen LogP contribution is -2.26. The molecule has 1 aliphatic heterocycles. The summed E-state index contributed by atoms with van der Waals surface area (Å²) in [5.74, 6) is -0.295. The van der Waals surface area contributed by atoms with Gasteiger partial charge in [-0.05, 0) is 37.3 Å². The molecule has 132 valence electrons. The molecular formula is C20H18N2O4. The van der Waals surface area contributed by atoms with E-state index in [9.17, 15) is 9.59 Å². The average molecular weight is 350 g/mol. The zero-order chi connectivity index (χ0) is 18.1. The number of anilines is 1. The fourth-order valence-corrected chi connectivity index (χ4v) is 3.16. The number of hydrogen-bond acceptors (Lipinski definition) is 5. The second-order valence-corrected chi connectivity index (χ2v) is 6.19. The molecule has 0 radical (unpaired) electrons. The predicted octanol–water partition coefficient (Wildman–Crippen LogP) is 3.41. The number of fused-ring (bicyclic) bond motifs is 1. The van der Waals surface area contributed by atoms with Crippen LogP contribution in [0.15, 0.2) is 52.9 Å². The highest BCUT2D eigenvalue weighted by Gasteiger charge is 2.36. The Kier molecular flexibility index (Phi) is 4.16. The van der Waals surface area contributed by atoms with Gasteiger partial charge in [0.05, 0.1) is 12.5 Å². The van der Waals surface area contributed by atoms with E-state index in [0.29, 0.717) is 35.8 Å². The molecule has 26 heavy (non-hydrogen) atoms. The summed E-state index contributed by atoms with van der Waals surface area (Å²) in [6.07, 6.45) is 0.172. The van der Waals surface area contributed by atoms with Crippen molar-refractivity contribution in [1.29, 1.82) is 0 Å². The summed E-state index contributed by atoms with van der Waals surface area (Å²) in [6, 6.07) is 15.1. The van der Waals surface area contributed by atoms with Crippen molar-refractivity contribution in [3.8, 4) is 11.5 Å². The van der Waals surface area contributed by atoms with Crippen molar-refractivity contribution in [3.05, 3.63) is 48.5 Å². The third-order valence-corrected chi connectivity index (χ3v) is 4.45. The number of esters is 1. The van der Waals surface area contributed by atoms with E-state index in [2.05, 4.69) is 4.98 Å². The fourth-order valence-electron chi connectivity index (χ4n) is 3.16. The van der Waals surface area contributed by atoms with Crippen LogP contribution in [0.5, 0.6) is 0 Å². The Morgan fingerprint density at radius 3 is 2.85 bits per heavy atom. The van der Waals surface area contributed by atoms with Crippen LogP contribution in [0.3, 0.4) is 0 Å². The highest BCUT2D eigenvalue weighted by Crippen LogP contribution is 2.30. The van der Waals surface area contributed by atoms with Crippen molar-refractivity contribution in [2.45, 2.75) is 13.3 Å². The first-order chi connectivity index (χ1) is 12.7. The van der Waals surface area contributed by atoms with Crippen LogP contribution in [0.25, 0.3) is 22.6 Å². The lowest BCUT2D eigenvalue weighted by atomic mass is 10.1. The van der Waals surface area contributed by atoms with E-state index in [4.69, 9.17) is 9.15 Å². The Morgan fingerprint density at radius 1 is 1.27 bits per heavy atom. The second-order valence-electron chi connectivity index (χ2n) is 6.19. The average Bonchev–Trinajstić information content (AvgIpc) is 3.25. The Labute approximate surface area is 150 Å². The minimum Gasteiger partial charge on any atom is -0.466 e. The number of oxazole rings is 1. The third kappa shape index (κ3) is 2.94. The molecule has 0 unspecified atom stereocenters. The quantitative estimate of drug-likeness (QED) is 0.674. The molecule has 3 aromatic rings. The van der Waals surface area contributed by atoms with E-state index in [1.807, 2.05) is 42.5 Å². The molecule has 2 aromatic carbocycles. The summed E-state index contributed by atoms with van der Waals surface area (Å²) in [6.45, 7) is 2.40. The van der Waals surface area contributed by atoms with Crippen LogP contribution in [0.2, 0.25) is 0 Å². The van der Waals surface area contributed by atoms with Crippen molar-refractivity contribution < 1.29 is 18.7 Å². The first-order valence-electron chi connectivity index (χ1n) is 8.58. The molecule has 1 aliphatic rings. The molecular weight excluding hydrogens is 332 g/mol. The van der Waals surface area contributed by atoms with Gasteiger partial charge in [0.15, 0.2) is 5.58 Å². The van der Waals surface area contributed by atoms with Gasteiger partial charge in [-0.15, -0.1) is 0 Å². The topological polar surface area (TPSA) is 72.6 Å². The summed E-state index contributed by atoms with van der Waals surface area (Å²) in [4.78, 5) is 30.4. The van der Waals surface area contributed by atoms with Crippen molar-refractivity contribution in [2.75, 3.05) is 18.1 Å². The zero-order valence-corrected chi connectivity index (χ0v) is 14.3. The van der Waals surface area contributed by atoms with Crippen LogP contribution < -0.4 is 4.90 Å². The smallest absolute Gasteiger partial charge is 0.311 e. The number of amides is 1. The van der Waals surface area contributed by atoms with Crippen LogP contribution in [-0.4, -0.2) is 30.0 Å². The van der Waals surface area contributed by atoms with Crippen molar-refractivity contribution >= 4 is 28.7 Å². The molecule has 6 nitrogen and oxygen atoms in total. The second kappa shape index (κ2) is 6.63. The summed E-state index contributed by atoms with van der Waals surface area (Å²) < 4.78 is 10.8. The minimum atomic E-state index is -0.421. The van der Waals surface area contributed by atoms with Crippen LogP contribution in [0, 0.1) is 5.92 Å². The maximum Gasteiger partial charge on any atom is 0.311 e. The van der Waals surface area contributed by atoms with Crippen molar-refractivity contribution in [2.24, 2.45) is 5.92 Å². The van der Waals surface area contributed by atoms with E-state index >= 15 is 0 Å². The van der Waals surface area contributed by atoms with Gasteiger partial charge in [-0.25, -0.2) is 4.98 Å². The summed E-state index contributed by atoms with van der Waals surface area (Å²) in [5, 5.41) is 0. The summed E-state index contributed by atoms with van der Waals surface area (Å²) in [5.41, 5.74) is 2.93. The third-order valence-electron chi connectivity index (χ3n) is 4.45. The van der Waals surface area contributed by atoms with E-state index < -0.39 is 5.92 Å². The largest absolute Gasteiger partial charge is 0.466 e. The number of carbonyl (C=O) groups is 2. The number of benzene rings is 2. The van der Waals surface area contributed by atoms with E-state index in [1.54, 1.807) is 17.9 Å². The number of rotatable bonds is 4. The van der Waals surface area contributed by atoms with Gasteiger partial charge in [-0.3, -0.25) is 9.59 Å². The normalized spacial score (nSPS) is 17.0. The molecule has 6 heteroatoms. The van der Waals surface area contributed by atoms with Crippen molar-refractivity contribution in [1.82, 2.24) is 4.98 Å². The van der Waals surface area contributed by atoms with Crippen LogP contribution in [-0.2, 0) is 14.3 Å². The van der Waals surface area contributed by atoms with E-state index in [-0.39, 0.29) is 18.3 Å². The zero-order valence-electron chi connectivity index (χ0n) is 14.3. The fraction of sp³-hybridized carbons (Fsp3) is 0.250.